The quantitative estimate of drug-likeness (QED) is 0.281. The van der Waals surface area contributed by atoms with Gasteiger partial charge in [0.05, 0.1) is 17.4 Å². The Balaban J connectivity index is 1.63. The topological polar surface area (TPSA) is 142 Å². The minimum atomic E-state index is -3.40. The molecule has 1 aromatic rings. The lowest BCUT2D eigenvalue weighted by Crippen LogP contribution is -2.71. The van der Waals surface area contributed by atoms with Gasteiger partial charge >= 0.3 is 0 Å². The van der Waals surface area contributed by atoms with Crippen LogP contribution in [-0.4, -0.2) is 79.6 Å². The first-order valence-corrected chi connectivity index (χ1v) is 11.8. The van der Waals surface area contributed by atoms with E-state index in [0.29, 0.717) is 18.7 Å². The van der Waals surface area contributed by atoms with Gasteiger partial charge in [0.2, 0.25) is 5.91 Å². The summed E-state index contributed by atoms with van der Waals surface area (Å²) < 4.78 is 28.5. The van der Waals surface area contributed by atoms with Gasteiger partial charge in [-0.25, -0.2) is 13.9 Å². The smallest absolute Gasteiger partial charge is 0.268 e. The van der Waals surface area contributed by atoms with Crippen molar-refractivity contribution in [3.63, 3.8) is 0 Å². The minimum absolute atomic E-state index is 0.0293. The van der Waals surface area contributed by atoms with E-state index in [9.17, 15) is 22.8 Å². The van der Waals surface area contributed by atoms with Crippen molar-refractivity contribution in [3.05, 3.63) is 35.4 Å². The molecule has 0 spiro atoms. The highest BCUT2D eigenvalue weighted by atomic mass is 32.2. The van der Waals surface area contributed by atoms with Gasteiger partial charge in [0, 0.05) is 38.2 Å². The summed E-state index contributed by atoms with van der Waals surface area (Å²) in [6, 6.07) is 4.78. The fourth-order valence-corrected chi connectivity index (χ4v) is 5.57. The number of benzene rings is 1. The number of sulfone groups is 1. The molecule has 0 bridgehead atoms. The number of hydrogen-bond donors (Lipinski definition) is 3. The van der Waals surface area contributed by atoms with Gasteiger partial charge < -0.3 is 15.0 Å². The Bertz CT molecular complexity index is 1170. The second kappa shape index (κ2) is 9.63. The van der Waals surface area contributed by atoms with E-state index in [1.807, 2.05) is 0 Å². The molecule has 10 nitrogen and oxygen atoms in total. The first kappa shape index (κ1) is 24.3. The number of hydroxylamine groups is 1. The Hall–Kier alpha value is -3.38. The van der Waals surface area contributed by atoms with Gasteiger partial charge in [-0.2, -0.15) is 0 Å². The third kappa shape index (κ3) is 5.52. The predicted octanol–water partition coefficient (Wildman–Crippen LogP) is -1.06. The van der Waals surface area contributed by atoms with Gasteiger partial charge in [-0.1, -0.05) is 11.8 Å². The Labute approximate surface area is 191 Å². The maximum atomic E-state index is 12.6. The lowest BCUT2D eigenvalue weighted by molar-refractivity contribution is -0.138. The lowest BCUT2D eigenvalue weighted by Gasteiger charge is -2.44. The van der Waals surface area contributed by atoms with Crippen LogP contribution in [0.1, 0.15) is 22.8 Å². The third-order valence-electron chi connectivity index (χ3n) is 5.53. The van der Waals surface area contributed by atoms with Crippen molar-refractivity contribution < 1.29 is 32.7 Å². The molecule has 11 heteroatoms. The van der Waals surface area contributed by atoms with Gasteiger partial charge in [-0.15, -0.1) is 0 Å². The molecule has 1 unspecified atom stereocenters. The Morgan fingerprint density at radius 1 is 1.18 bits per heavy atom. The highest BCUT2D eigenvalue weighted by molar-refractivity contribution is 7.93. The molecular weight excluding hydrogens is 450 g/mol. The van der Waals surface area contributed by atoms with Crippen LogP contribution in [0.5, 0.6) is 0 Å². The second-order valence-electron chi connectivity index (χ2n) is 7.90. The number of carbonyl (C=O) groups is 3. The van der Waals surface area contributed by atoms with Crippen molar-refractivity contribution in [2.75, 3.05) is 31.7 Å². The number of hydrogen-bond acceptors (Lipinski definition) is 7. The average molecular weight is 474 g/mol. The zero-order valence-electron chi connectivity index (χ0n) is 18.0. The van der Waals surface area contributed by atoms with Crippen LogP contribution in [0, 0.1) is 29.6 Å². The number of likely N-dealkylation sites (tertiary alicyclic amines) is 1. The van der Waals surface area contributed by atoms with Gasteiger partial charge in [0.25, 0.3) is 11.8 Å². The molecule has 3 rings (SSSR count). The normalized spacial score (nSPS) is 18.7. The summed E-state index contributed by atoms with van der Waals surface area (Å²) in [5, 5.41) is 11.5. The van der Waals surface area contributed by atoms with Crippen LogP contribution in [0.2, 0.25) is 0 Å². The maximum Gasteiger partial charge on any atom is 0.268 e. The molecule has 1 atom stereocenters. The molecule has 0 aromatic heterocycles. The predicted molar refractivity (Wildman–Crippen MR) is 116 cm³/mol. The largest absolute Gasteiger partial charge is 0.373 e. The van der Waals surface area contributed by atoms with Crippen LogP contribution >= 0.6 is 0 Å². The molecule has 2 saturated heterocycles. The summed E-state index contributed by atoms with van der Waals surface area (Å²) in [5.41, 5.74) is 0.793. The van der Waals surface area contributed by atoms with E-state index in [1.54, 1.807) is 17.0 Å². The molecule has 33 heavy (non-hydrogen) atoms. The van der Waals surface area contributed by atoms with E-state index < -0.39 is 44.8 Å². The monoisotopic (exact) mass is 473 g/mol. The number of ether oxygens (including phenoxy) is 1. The molecule has 0 radical (unpaired) electrons. The van der Waals surface area contributed by atoms with Crippen molar-refractivity contribution in [3.8, 4) is 23.7 Å². The standard InChI is InChI=1S/C22H23N3O7S/c1-15(26)25-11-17(12-25)6-4-3-5-16-7-9-18(10-8-16)20(27)23-19(21(28)24-29)22(32-2)13-33(30,31)14-22/h7-10,17,19,29H,11-14H2,1-2H3,(H,23,27)(H,24,28). The number of nitrogens with zero attached hydrogens (tertiary/aromatic N) is 1. The number of carbonyl (C=O) groups excluding carboxylic acids is 3. The summed E-state index contributed by atoms with van der Waals surface area (Å²) in [6.07, 6.45) is 0. The Kier molecular flexibility index (Phi) is 7.08. The molecule has 2 fully saturated rings. The molecule has 0 saturated carbocycles. The molecular formula is C22H23N3O7S. The maximum absolute atomic E-state index is 12.6. The van der Waals surface area contributed by atoms with Gasteiger partial charge in [0.1, 0.15) is 11.6 Å². The zero-order valence-corrected chi connectivity index (χ0v) is 18.9. The second-order valence-corrected chi connectivity index (χ2v) is 9.97. The van der Waals surface area contributed by atoms with Gasteiger partial charge in [0.15, 0.2) is 9.84 Å². The molecule has 0 aliphatic carbocycles. The van der Waals surface area contributed by atoms with E-state index in [1.165, 1.54) is 31.6 Å². The minimum Gasteiger partial charge on any atom is -0.373 e. The average Bonchev–Trinajstić information content (AvgIpc) is 2.73. The van der Waals surface area contributed by atoms with E-state index in [-0.39, 0.29) is 17.4 Å². The lowest BCUT2D eigenvalue weighted by atomic mass is 9.95. The number of nitrogens with one attached hydrogen (secondary N) is 2. The van der Waals surface area contributed by atoms with E-state index in [0.717, 1.165) is 0 Å². The SMILES string of the molecule is COC1(C(NC(=O)c2ccc(C#CC#CC3CN(C(C)=O)C3)cc2)C(=O)NO)CS(=O)(=O)C1. The van der Waals surface area contributed by atoms with Crippen LogP contribution in [0.3, 0.4) is 0 Å². The number of rotatable bonds is 5. The molecule has 2 aliphatic rings. The summed E-state index contributed by atoms with van der Waals surface area (Å²) in [6.45, 7) is 2.74. The third-order valence-corrected chi connectivity index (χ3v) is 7.39. The molecule has 3 N–H and O–H groups in total. The van der Waals surface area contributed by atoms with Gasteiger partial charge in [-0.05, 0) is 36.1 Å². The van der Waals surface area contributed by atoms with Gasteiger partial charge in [-0.3, -0.25) is 19.6 Å². The van der Waals surface area contributed by atoms with Crippen LogP contribution in [-0.2, 0) is 24.2 Å². The van der Waals surface area contributed by atoms with Crippen molar-refractivity contribution in [1.29, 1.82) is 0 Å². The summed E-state index contributed by atoms with van der Waals surface area (Å²) in [7, 11) is -2.16. The van der Waals surface area contributed by atoms with Crippen LogP contribution in [0.25, 0.3) is 0 Å². The van der Waals surface area contributed by atoms with E-state index in [2.05, 4.69) is 29.0 Å². The molecule has 1 aromatic carbocycles. The van der Waals surface area contributed by atoms with Crippen molar-refractivity contribution in [2.24, 2.45) is 5.92 Å². The highest BCUT2D eigenvalue weighted by Crippen LogP contribution is 2.31. The van der Waals surface area contributed by atoms with Crippen LogP contribution in [0.15, 0.2) is 24.3 Å². The summed E-state index contributed by atoms with van der Waals surface area (Å²) in [5.74, 6) is 8.93. The molecule has 174 valence electrons. The molecule has 3 amide bonds. The zero-order chi connectivity index (χ0) is 24.2. The molecule has 2 aliphatic heterocycles. The fraction of sp³-hybridized carbons (Fsp3) is 0.409. The fourth-order valence-electron chi connectivity index (χ4n) is 3.59. The first-order chi connectivity index (χ1) is 15.6. The van der Waals surface area contributed by atoms with Crippen molar-refractivity contribution >= 4 is 27.6 Å². The highest BCUT2D eigenvalue weighted by Gasteiger charge is 2.57. The Morgan fingerprint density at radius 2 is 1.82 bits per heavy atom. The number of amides is 3. The summed E-state index contributed by atoms with van der Waals surface area (Å²) in [4.78, 5) is 37.6. The van der Waals surface area contributed by atoms with Crippen LogP contribution < -0.4 is 10.8 Å². The van der Waals surface area contributed by atoms with E-state index in [4.69, 9.17) is 9.94 Å². The van der Waals surface area contributed by atoms with Crippen molar-refractivity contribution in [2.45, 2.75) is 18.6 Å². The van der Waals surface area contributed by atoms with Crippen molar-refractivity contribution in [1.82, 2.24) is 15.7 Å². The Morgan fingerprint density at radius 3 is 2.33 bits per heavy atom. The molecule has 2 heterocycles. The van der Waals surface area contributed by atoms with E-state index >= 15 is 0 Å². The summed E-state index contributed by atoms with van der Waals surface area (Å²) >= 11 is 0. The van der Waals surface area contributed by atoms with Crippen LogP contribution in [0.4, 0.5) is 0 Å². The first-order valence-electron chi connectivity index (χ1n) is 9.96. The number of methoxy groups -OCH3 is 1.